The first-order valence-corrected chi connectivity index (χ1v) is 7.02. The number of carbonyl (C=O) groups excluding carboxylic acids is 1. The van der Waals surface area contributed by atoms with E-state index in [9.17, 15) is 19.4 Å². The number of ketones is 1. The van der Waals surface area contributed by atoms with Crippen LogP contribution in [-0.4, -0.2) is 28.1 Å². The topological polar surface area (TPSA) is 79.7 Å². The van der Waals surface area contributed by atoms with Crippen molar-refractivity contribution in [3.8, 4) is 17.2 Å². The molecule has 0 fully saturated rings. The number of rotatable bonds is 3. The smallest absolute Gasteiger partial charge is 0.221 e. The Bertz CT molecular complexity index is 852. The quantitative estimate of drug-likeness (QED) is 0.573. The Morgan fingerprint density at radius 2 is 1.95 bits per heavy atom. The summed E-state index contributed by atoms with van der Waals surface area (Å²) in [5.74, 6) is -1.62. The van der Waals surface area contributed by atoms with Gasteiger partial charge < -0.3 is 14.9 Å². The lowest BCUT2D eigenvalue weighted by Crippen LogP contribution is -2.01. The molecular weight excluding hydrogens is 309 g/mol. The summed E-state index contributed by atoms with van der Waals surface area (Å²) in [4.78, 5) is 16.5. The van der Waals surface area contributed by atoms with Crippen molar-refractivity contribution >= 4 is 27.3 Å². The molecule has 3 aromatic rings. The number of thiazole rings is 1. The second-order valence-electron chi connectivity index (χ2n) is 4.51. The van der Waals surface area contributed by atoms with Crippen LogP contribution in [0.1, 0.15) is 15.4 Å². The van der Waals surface area contributed by atoms with Crippen molar-refractivity contribution < 1.29 is 24.1 Å². The highest BCUT2D eigenvalue weighted by atomic mass is 32.1. The number of methoxy groups -OCH3 is 1. The Labute approximate surface area is 128 Å². The maximum Gasteiger partial charge on any atom is 0.221 e. The van der Waals surface area contributed by atoms with Crippen molar-refractivity contribution in [2.45, 2.75) is 0 Å². The zero-order chi connectivity index (χ0) is 15.9. The van der Waals surface area contributed by atoms with Crippen LogP contribution in [0, 0.1) is 5.82 Å². The van der Waals surface area contributed by atoms with E-state index >= 15 is 0 Å². The van der Waals surface area contributed by atoms with Crippen molar-refractivity contribution in [1.29, 1.82) is 0 Å². The van der Waals surface area contributed by atoms with Crippen LogP contribution in [0.15, 0.2) is 30.3 Å². The highest BCUT2D eigenvalue weighted by Crippen LogP contribution is 2.33. The summed E-state index contributed by atoms with van der Waals surface area (Å²) in [6.45, 7) is 0. The van der Waals surface area contributed by atoms with Crippen LogP contribution < -0.4 is 4.74 Å². The number of halogens is 1. The molecule has 0 aliphatic rings. The van der Waals surface area contributed by atoms with E-state index < -0.39 is 11.6 Å². The molecule has 112 valence electrons. The van der Waals surface area contributed by atoms with Crippen LogP contribution in [0.2, 0.25) is 0 Å². The first-order valence-electron chi connectivity index (χ1n) is 6.20. The van der Waals surface area contributed by atoms with Crippen molar-refractivity contribution in [1.82, 2.24) is 4.98 Å². The maximum atomic E-state index is 13.7. The van der Waals surface area contributed by atoms with Gasteiger partial charge in [-0.2, -0.15) is 0 Å². The van der Waals surface area contributed by atoms with E-state index in [4.69, 9.17) is 4.74 Å². The van der Waals surface area contributed by atoms with Crippen LogP contribution >= 0.6 is 11.3 Å². The van der Waals surface area contributed by atoms with Gasteiger partial charge in [0.25, 0.3) is 0 Å². The third-order valence-corrected chi connectivity index (χ3v) is 4.11. The van der Waals surface area contributed by atoms with Crippen LogP contribution in [0.3, 0.4) is 0 Å². The number of phenols is 2. The Kier molecular flexibility index (Phi) is 3.42. The molecule has 0 spiro atoms. The Hall–Kier alpha value is -2.67. The summed E-state index contributed by atoms with van der Waals surface area (Å²) < 4.78 is 19.0. The van der Waals surface area contributed by atoms with Crippen molar-refractivity contribution in [3.63, 3.8) is 0 Å². The molecule has 0 saturated carbocycles. The number of benzene rings is 2. The molecule has 1 heterocycles. The molecule has 1 aromatic heterocycles. The van der Waals surface area contributed by atoms with E-state index in [1.807, 2.05) is 0 Å². The summed E-state index contributed by atoms with van der Waals surface area (Å²) in [5, 5.41) is 19.0. The first-order chi connectivity index (χ1) is 10.5. The van der Waals surface area contributed by atoms with Gasteiger partial charge >= 0.3 is 0 Å². The predicted molar refractivity (Wildman–Crippen MR) is 79.3 cm³/mol. The van der Waals surface area contributed by atoms with Crippen LogP contribution in [0.4, 0.5) is 4.39 Å². The molecule has 0 aliphatic carbocycles. The van der Waals surface area contributed by atoms with Gasteiger partial charge in [-0.1, -0.05) is 0 Å². The minimum atomic E-state index is -0.634. The lowest BCUT2D eigenvalue weighted by atomic mass is 10.1. The molecule has 7 heteroatoms. The number of carbonyl (C=O) groups is 1. The average molecular weight is 319 g/mol. The van der Waals surface area contributed by atoms with Crippen LogP contribution in [0.5, 0.6) is 17.2 Å². The van der Waals surface area contributed by atoms with E-state index in [1.54, 1.807) is 0 Å². The average Bonchev–Trinajstić information content (AvgIpc) is 2.89. The van der Waals surface area contributed by atoms with Gasteiger partial charge in [0.05, 0.1) is 17.3 Å². The largest absolute Gasteiger partial charge is 0.504 e. The molecular formula is C15H10FNO4S. The van der Waals surface area contributed by atoms with Gasteiger partial charge in [-0.3, -0.25) is 4.79 Å². The van der Waals surface area contributed by atoms with Crippen molar-refractivity contribution in [2.75, 3.05) is 7.11 Å². The number of hydrogen-bond acceptors (Lipinski definition) is 6. The van der Waals surface area contributed by atoms with Crippen molar-refractivity contribution in [2.24, 2.45) is 0 Å². The monoisotopic (exact) mass is 319 g/mol. The highest BCUT2D eigenvalue weighted by Gasteiger charge is 2.17. The Morgan fingerprint density at radius 1 is 1.23 bits per heavy atom. The molecule has 0 amide bonds. The van der Waals surface area contributed by atoms with Gasteiger partial charge in [-0.15, -0.1) is 11.3 Å². The van der Waals surface area contributed by atoms with E-state index in [0.29, 0.717) is 10.2 Å². The maximum absolute atomic E-state index is 13.7. The summed E-state index contributed by atoms with van der Waals surface area (Å²) >= 11 is 1.05. The Morgan fingerprint density at radius 3 is 2.64 bits per heavy atom. The van der Waals surface area contributed by atoms with Crippen LogP contribution in [-0.2, 0) is 0 Å². The zero-order valence-corrected chi connectivity index (χ0v) is 12.1. The number of fused-ring (bicyclic) bond motifs is 1. The molecule has 0 saturated heterocycles. The Balaban J connectivity index is 2.03. The van der Waals surface area contributed by atoms with Gasteiger partial charge in [-0.25, -0.2) is 9.37 Å². The number of nitrogens with zero attached hydrogens (tertiary/aromatic N) is 1. The van der Waals surface area contributed by atoms with Gasteiger partial charge in [0.1, 0.15) is 0 Å². The standard InChI is InChI=1S/C15H10FNO4S/c1-21-12-3-2-7(4-8(12)16)14(20)15-17-9-5-10(18)11(19)6-13(9)22-15/h2-6,18-19H,1H3. The molecule has 0 unspecified atom stereocenters. The zero-order valence-electron chi connectivity index (χ0n) is 11.3. The highest BCUT2D eigenvalue weighted by molar-refractivity contribution is 7.20. The normalized spacial score (nSPS) is 10.8. The fraction of sp³-hybridized carbons (Fsp3) is 0.0667. The summed E-state index contributed by atoms with van der Waals surface area (Å²) in [7, 11) is 1.34. The number of aromatic nitrogens is 1. The fourth-order valence-electron chi connectivity index (χ4n) is 1.98. The van der Waals surface area contributed by atoms with E-state index in [1.165, 1.54) is 31.4 Å². The predicted octanol–water partition coefficient (Wildman–Crippen LogP) is 3.09. The first kappa shape index (κ1) is 14.3. The number of hydrogen-bond donors (Lipinski definition) is 2. The molecule has 5 nitrogen and oxygen atoms in total. The lowest BCUT2D eigenvalue weighted by Gasteiger charge is -2.03. The lowest BCUT2D eigenvalue weighted by molar-refractivity contribution is 0.103. The molecule has 3 rings (SSSR count). The molecule has 0 aliphatic heterocycles. The minimum absolute atomic E-state index is 0.0516. The number of phenolic OH excluding ortho intramolecular Hbond substituents is 2. The molecule has 0 atom stereocenters. The molecule has 2 aromatic carbocycles. The van der Waals surface area contributed by atoms with Gasteiger partial charge in [-0.05, 0) is 18.2 Å². The molecule has 0 radical (unpaired) electrons. The third kappa shape index (κ3) is 2.35. The van der Waals surface area contributed by atoms with Gasteiger partial charge in [0.2, 0.25) is 5.78 Å². The molecule has 2 N–H and O–H groups in total. The van der Waals surface area contributed by atoms with E-state index in [0.717, 1.165) is 17.4 Å². The third-order valence-electron chi connectivity index (χ3n) is 3.09. The van der Waals surface area contributed by atoms with E-state index in [2.05, 4.69) is 4.98 Å². The fourth-order valence-corrected chi connectivity index (χ4v) is 2.92. The van der Waals surface area contributed by atoms with Gasteiger partial charge in [0.15, 0.2) is 28.1 Å². The molecule has 22 heavy (non-hydrogen) atoms. The number of aromatic hydroxyl groups is 2. The van der Waals surface area contributed by atoms with Gasteiger partial charge in [0, 0.05) is 17.7 Å². The summed E-state index contributed by atoms with van der Waals surface area (Å²) in [5.41, 5.74) is 0.531. The second-order valence-corrected chi connectivity index (χ2v) is 5.54. The summed E-state index contributed by atoms with van der Waals surface area (Å²) in [6.07, 6.45) is 0. The second kappa shape index (κ2) is 5.27. The number of ether oxygens (including phenoxy) is 1. The summed E-state index contributed by atoms with van der Waals surface area (Å²) in [6, 6.07) is 6.50. The SMILES string of the molecule is COc1ccc(C(=O)c2nc3cc(O)c(O)cc3s2)cc1F. The van der Waals surface area contributed by atoms with Crippen LogP contribution in [0.25, 0.3) is 10.2 Å². The van der Waals surface area contributed by atoms with Crippen molar-refractivity contribution in [3.05, 3.63) is 46.7 Å². The molecule has 0 bridgehead atoms. The minimum Gasteiger partial charge on any atom is -0.504 e. The van der Waals surface area contributed by atoms with E-state index in [-0.39, 0.29) is 27.8 Å².